The molecule has 0 N–H and O–H groups in total. The summed E-state index contributed by atoms with van der Waals surface area (Å²) in [6, 6.07) is 1.49. The first-order valence-electron chi connectivity index (χ1n) is 6.95. The molecule has 0 saturated heterocycles. The third-order valence-corrected chi connectivity index (χ3v) is 5.60. The molecule has 0 saturated carbocycles. The predicted octanol–water partition coefficient (Wildman–Crippen LogP) is 3.57. The minimum Gasteiger partial charge on any atom is -0.263 e. The highest BCUT2D eigenvalue weighted by molar-refractivity contribution is 7.89. The third kappa shape index (κ3) is 3.93. The fourth-order valence-corrected chi connectivity index (χ4v) is 4.52. The number of rotatable bonds is 7. The first-order chi connectivity index (χ1) is 9.34. The molecular weight excluding hydrogens is 296 g/mol. The second kappa shape index (κ2) is 7.38. The summed E-state index contributed by atoms with van der Waals surface area (Å²) in [5.41, 5.74) is 0. The van der Waals surface area contributed by atoms with Gasteiger partial charge >= 0.3 is 0 Å². The van der Waals surface area contributed by atoms with Crippen LogP contribution in [0.5, 0.6) is 0 Å². The first-order valence-corrected chi connectivity index (χ1v) is 8.77. The molecule has 1 aromatic heterocycles. The van der Waals surface area contributed by atoms with Crippen LogP contribution in [0.1, 0.15) is 40.5 Å². The van der Waals surface area contributed by atoms with Crippen LogP contribution in [0.3, 0.4) is 0 Å². The largest absolute Gasteiger partial charge is 0.263 e. The van der Waals surface area contributed by atoms with E-state index in [2.05, 4.69) is 4.98 Å². The molecule has 0 aromatic carbocycles. The van der Waals surface area contributed by atoms with E-state index in [0.717, 1.165) is 12.8 Å². The molecule has 114 valence electrons. The van der Waals surface area contributed by atoms with Crippen LogP contribution in [-0.2, 0) is 10.0 Å². The second-order valence-corrected chi connectivity index (χ2v) is 7.51. The van der Waals surface area contributed by atoms with E-state index >= 15 is 0 Å². The van der Waals surface area contributed by atoms with Crippen molar-refractivity contribution in [1.29, 1.82) is 0 Å². The Bertz CT molecular complexity index is 528. The highest BCUT2D eigenvalue weighted by Gasteiger charge is 2.31. The lowest BCUT2D eigenvalue weighted by Crippen LogP contribution is -2.42. The van der Waals surface area contributed by atoms with E-state index in [-0.39, 0.29) is 21.9 Å². The number of pyridine rings is 1. The molecule has 0 unspecified atom stereocenters. The molecule has 0 aliphatic heterocycles. The van der Waals surface area contributed by atoms with Gasteiger partial charge in [-0.15, -0.1) is 0 Å². The lowest BCUT2D eigenvalue weighted by Gasteiger charge is -2.31. The van der Waals surface area contributed by atoms with E-state index in [9.17, 15) is 8.42 Å². The van der Waals surface area contributed by atoms with Crippen molar-refractivity contribution in [3.05, 3.63) is 23.5 Å². The van der Waals surface area contributed by atoms with Crippen LogP contribution in [0.4, 0.5) is 0 Å². The van der Waals surface area contributed by atoms with Gasteiger partial charge in [-0.3, -0.25) is 4.98 Å². The van der Waals surface area contributed by atoms with Crippen molar-refractivity contribution < 1.29 is 8.42 Å². The van der Waals surface area contributed by atoms with Gasteiger partial charge in [0.25, 0.3) is 0 Å². The summed E-state index contributed by atoms with van der Waals surface area (Å²) in [5, 5.41) is 0.222. The van der Waals surface area contributed by atoms with Crippen molar-refractivity contribution in [3.8, 4) is 0 Å². The lowest BCUT2D eigenvalue weighted by atomic mass is 10.1. The van der Waals surface area contributed by atoms with Gasteiger partial charge in [0, 0.05) is 25.0 Å². The smallest absolute Gasteiger partial charge is 0.246 e. The summed E-state index contributed by atoms with van der Waals surface area (Å²) in [4.78, 5) is 3.99. The van der Waals surface area contributed by atoms with Crippen LogP contribution < -0.4 is 0 Å². The molecule has 0 aliphatic rings. The van der Waals surface area contributed by atoms with Gasteiger partial charge in [-0.25, -0.2) is 8.42 Å². The third-order valence-electron chi connectivity index (χ3n) is 3.22. The number of sulfonamides is 1. The Morgan fingerprint density at radius 2 is 1.90 bits per heavy atom. The van der Waals surface area contributed by atoms with Crippen LogP contribution in [0.2, 0.25) is 5.02 Å². The molecule has 0 aliphatic carbocycles. The molecule has 0 fully saturated rings. The zero-order valence-corrected chi connectivity index (χ0v) is 14.1. The van der Waals surface area contributed by atoms with Crippen molar-refractivity contribution in [2.75, 3.05) is 6.54 Å². The van der Waals surface area contributed by atoms with E-state index in [1.807, 2.05) is 27.7 Å². The highest BCUT2D eigenvalue weighted by Crippen LogP contribution is 2.27. The van der Waals surface area contributed by atoms with Crippen LogP contribution in [0.15, 0.2) is 23.4 Å². The van der Waals surface area contributed by atoms with Gasteiger partial charge in [0.05, 0.1) is 5.02 Å². The van der Waals surface area contributed by atoms with Gasteiger partial charge in [-0.1, -0.05) is 39.3 Å². The molecule has 1 heterocycles. The molecule has 0 atom stereocenters. The van der Waals surface area contributed by atoms with Crippen molar-refractivity contribution in [2.45, 2.75) is 51.5 Å². The molecule has 4 nitrogen and oxygen atoms in total. The number of aromatic nitrogens is 1. The lowest BCUT2D eigenvalue weighted by molar-refractivity contribution is 0.277. The SMILES string of the molecule is CCC(CC)N(CC(C)C)S(=O)(=O)c1cnccc1Cl. The first kappa shape index (κ1) is 17.4. The second-order valence-electron chi connectivity index (χ2n) is 5.24. The van der Waals surface area contributed by atoms with Crippen LogP contribution in [-0.4, -0.2) is 30.3 Å². The van der Waals surface area contributed by atoms with Gasteiger partial charge in [-0.05, 0) is 24.8 Å². The Morgan fingerprint density at radius 1 is 1.30 bits per heavy atom. The summed E-state index contributed by atoms with van der Waals surface area (Å²) >= 11 is 6.03. The van der Waals surface area contributed by atoms with Crippen molar-refractivity contribution in [3.63, 3.8) is 0 Å². The molecule has 20 heavy (non-hydrogen) atoms. The van der Waals surface area contributed by atoms with Crippen molar-refractivity contribution in [1.82, 2.24) is 9.29 Å². The molecule has 0 spiro atoms. The Morgan fingerprint density at radius 3 is 2.35 bits per heavy atom. The molecule has 1 aromatic rings. The molecule has 0 bridgehead atoms. The van der Waals surface area contributed by atoms with Crippen molar-refractivity contribution in [2.24, 2.45) is 5.92 Å². The maximum absolute atomic E-state index is 12.8. The van der Waals surface area contributed by atoms with Gasteiger partial charge < -0.3 is 0 Å². The fourth-order valence-electron chi connectivity index (χ4n) is 2.18. The maximum Gasteiger partial charge on any atom is 0.246 e. The summed E-state index contributed by atoms with van der Waals surface area (Å²) in [6.07, 6.45) is 4.37. The van der Waals surface area contributed by atoms with E-state index in [1.165, 1.54) is 18.5 Å². The molecule has 0 amide bonds. The Kier molecular flexibility index (Phi) is 6.43. The zero-order valence-electron chi connectivity index (χ0n) is 12.5. The summed E-state index contributed by atoms with van der Waals surface area (Å²) in [6.45, 7) is 8.51. The Hall–Kier alpha value is -0.650. The van der Waals surface area contributed by atoms with E-state index in [0.29, 0.717) is 6.54 Å². The average molecular weight is 319 g/mol. The fraction of sp³-hybridized carbons (Fsp3) is 0.643. The standard InChI is InChI=1S/C14H23ClN2O2S/c1-5-12(6-2)17(10-11(3)4)20(18,19)14-9-16-8-7-13(14)15/h7-9,11-12H,5-6,10H2,1-4H3. The molecular formula is C14H23ClN2O2S. The van der Waals surface area contributed by atoms with E-state index in [4.69, 9.17) is 11.6 Å². The summed E-state index contributed by atoms with van der Waals surface area (Å²) in [5.74, 6) is 0.251. The van der Waals surface area contributed by atoms with E-state index in [1.54, 1.807) is 4.31 Å². The summed E-state index contributed by atoms with van der Waals surface area (Å²) < 4.78 is 27.3. The van der Waals surface area contributed by atoms with Gasteiger partial charge in [0.1, 0.15) is 4.90 Å². The number of hydrogen-bond donors (Lipinski definition) is 0. The highest BCUT2D eigenvalue weighted by atomic mass is 35.5. The van der Waals surface area contributed by atoms with Gasteiger partial charge in [0.2, 0.25) is 10.0 Å². The topological polar surface area (TPSA) is 50.3 Å². The number of nitrogens with zero attached hydrogens (tertiary/aromatic N) is 2. The molecule has 0 radical (unpaired) electrons. The minimum absolute atomic E-state index is 0.0151. The maximum atomic E-state index is 12.8. The van der Waals surface area contributed by atoms with Crippen LogP contribution in [0, 0.1) is 5.92 Å². The Balaban J connectivity index is 3.27. The predicted molar refractivity (Wildman–Crippen MR) is 82.3 cm³/mol. The van der Waals surface area contributed by atoms with E-state index < -0.39 is 10.0 Å². The van der Waals surface area contributed by atoms with Gasteiger partial charge in [0.15, 0.2) is 0 Å². The van der Waals surface area contributed by atoms with Crippen molar-refractivity contribution >= 4 is 21.6 Å². The normalized spacial score (nSPS) is 12.6. The average Bonchev–Trinajstić information content (AvgIpc) is 2.38. The van der Waals surface area contributed by atoms with Crippen LogP contribution >= 0.6 is 11.6 Å². The molecule has 1 rings (SSSR count). The summed E-state index contributed by atoms with van der Waals surface area (Å²) in [7, 11) is -3.61. The number of hydrogen-bond acceptors (Lipinski definition) is 3. The Labute approximate surface area is 127 Å². The quantitative estimate of drug-likeness (QED) is 0.772. The zero-order chi connectivity index (χ0) is 15.3. The monoisotopic (exact) mass is 318 g/mol. The van der Waals surface area contributed by atoms with Crippen LogP contribution in [0.25, 0.3) is 0 Å². The minimum atomic E-state index is -3.61. The number of halogens is 1. The van der Waals surface area contributed by atoms with Gasteiger partial charge in [-0.2, -0.15) is 4.31 Å². The molecule has 6 heteroatoms.